The van der Waals surface area contributed by atoms with Crippen LogP contribution in [0.25, 0.3) is 0 Å². The zero-order chi connectivity index (χ0) is 14.7. The average molecular weight is 373 g/mol. The third-order valence-electron chi connectivity index (χ3n) is 3.37. The molecule has 2 aromatic rings. The molecular weight excluding hydrogens is 354 g/mol. The predicted molar refractivity (Wildman–Crippen MR) is 93.1 cm³/mol. The smallest absolute Gasteiger partial charge is 0.0704 e. The van der Waals surface area contributed by atoms with Crippen LogP contribution in [0.4, 0.5) is 0 Å². The Morgan fingerprint density at radius 3 is 2.65 bits per heavy atom. The summed E-state index contributed by atoms with van der Waals surface area (Å²) >= 11 is 11.9. The lowest BCUT2D eigenvalue weighted by molar-refractivity contribution is 0.598. The van der Waals surface area contributed by atoms with Gasteiger partial charge in [-0.3, -0.25) is 0 Å². The van der Waals surface area contributed by atoms with Crippen molar-refractivity contribution in [3.63, 3.8) is 0 Å². The predicted octanol–water partition coefficient (Wildman–Crippen LogP) is 5.87. The van der Waals surface area contributed by atoms with E-state index < -0.39 is 0 Å². The standard InChI is InChI=1S/C16H19BrClNS/c1-4-8-19-16(13-9-14(17)20-11(13)3)12-7-5-6-10(2)15(12)18/h5-7,9,16,19H,4,8H2,1-3H3. The van der Waals surface area contributed by atoms with Gasteiger partial charge in [-0.15, -0.1) is 11.3 Å². The van der Waals surface area contributed by atoms with Gasteiger partial charge >= 0.3 is 0 Å². The van der Waals surface area contributed by atoms with Crippen molar-refractivity contribution < 1.29 is 0 Å². The third kappa shape index (κ3) is 3.45. The summed E-state index contributed by atoms with van der Waals surface area (Å²) in [5, 5.41) is 4.49. The minimum absolute atomic E-state index is 0.157. The van der Waals surface area contributed by atoms with Crippen LogP contribution in [0.2, 0.25) is 5.02 Å². The molecule has 1 N–H and O–H groups in total. The molecule has 1 nitrogen and oxygen atoms in total. The summed E-state index contributed by atoms with van der Waals surface area (Å²) in [5.74, 6) is 0. The van der Waals surface area contributed by atoms with Gasteiger partial charge in [-0.1, -0.05) is 36.7 Å². The van der Waals surface area contributed by atoms with E-state index in [-0.39, 0.29) is 6.04 Å². The maximum Gasteiger partial charge on any atom is 0.0704 e. The van der Waals surface area contributed by atoms with Gasteiger partial charge in [-0.2, -0.15) is 0 Å². The molecule has 1 atom stereocenters. The van der Waals surface area contributed by atoms with Gasteiger partial charge < -0.3 is 5.32 Å². The quantitative estimate of drug-likeness (QED) is 0.692. The molecule has 0 amide bonds. The zero-order valence-electron chi connectivity index (χ0n) is 12.0. The first-order valence-corrected chi connectivity index (χ1v) is 8.77. The average Bonchev–Trinajstić information content (AvgIpc) is 2.74. The maximum absolute atomic E-state index is 6.53. The molecule has 108 valence electrons. The molecule has 4 heteroatoms. The van der Waals surface area contributed by atoms with Crippen LogP contribution in [0.3, 0.4) is 0 Å². The van der Waals surface area contributed by atoms with Crippen molar-refractivity contribution in [2.75, 3.05) is 6.54 Å². The van der Waals surface area contributed by atoms with Gasteiger partial charge in [0.05, 0.1) is 9.83 Å². The van der Waals surface area contributed by atoms with E-state index in [1.807, 2.05) is 0 Å². The number of aryl methyl sites for hydroxylation is 2. The van der Waals surface area contributed by atoms with Gasteiger partial charge in [0.15, 0.2) is 0 Å². The van der Waals surface area contributed by atoms with Crippen LogP contribution in [0.15, 0.2) is 28.1 Å². The minimum Gasteiger partial charge on any atom is -0.306 e. The summed E-state index contributed by atoms with van der Waals surface area (Å²) < 4.78 is 1.16. The molecule has 1 aromatic heterocycles. The number of hydrogen-bond donors (Lipinski definition) is 1. The topological polar surface area (TPSA) is 12.0 Å². The molecule has 1 heterocycles. The summed E-state index contributed by atoms with van der Waals surface area (Å²) in [7, 11) is 0. The van der Waals surface area contributed by atoms with Gasteiger partial charge in [-0.25, -0.2) is 0 Å². The normalized spacial score (nSPS) is 12.7. The highest BCUT2D eigenvalue weighted by atomic mass is 79.9. The van der Waals surface area contributed by atoms with Gasteiger partial charge in [-0.05, 0) is 65.5 Å². The molecule has 0 radical (unpaired) electrons. The fourth-order valence-electron chi connectivity index (χ4n) is 2.31. The monoisotopic (exact) mass is 371 g/mol. The number of nitrogens with one attached hydrogen (secondary N) is 1. The van der Waals surface area contributed by atoms with Crippen molar-refractivity contribution in [3.05, 3.63) is 54.6 Å². The number of rotatable bonds is 5. The molecule has 1 aromatic carbocycles. The molecule has 0 bridgehead atoms. The van der Waals surface area contributed by atoms with Gasteiger partial charge in [0.25, 0.3) is 0 Å². The molecule has 0 aliphatic carbocycles. The van der Waals surface area contributed by atoms with Crippen LogP contribution in [0, 0.1) is 13.8 Å². The molecule has 20 heavy (non-hydrogen) atoms. The van der Waals surface area contributed by atoms with Crippen molar-refractivity contribution in [2.24, 2.45) is 0 Å². The maximum atomic E-state index is 6.53. The lowest BCUT2D eigenvalue weighted by atomic mass is 9.97. The van der Waals surface area contributed by atoms with E-state index in [4.69, 9.17) is 11.6 Å². The van der Waals surface area contributed by atoms with E-state index in [1.165, 1.54) is 10.4 Å². The largest absolute Gasteiger partial charge is 0.306 e. The van der Waals surface area contributed by atoms with Crippen molar-refractivity contribution in [3.8, 4) is 0 Å². The second-order valence-corrected chi connectivity index (χ2v) is 7.94. The first-order chi connectivity index (χ1) is 9.54. The first kappa shape index (κ1) is 16.0. The Morgan fingerprint density at radius 2 is 2.05 bits per heavy atom. The van der Waals surface area contributed by atoms with Crippen LogP contribution in [0.1, 0.15) is 41.0 Å². The highest BCUT2D eigenvalue weighted by molar-refractivity contribution is 9.11. The summed E-state index contributed by atoms with van der Waals surface area (Å²) in [6.45, 7) is 7.37. The summed E-state index contributed by atoms with van der Waals surface area (Å²) in [6.07, 6.45) is 1.10. The fourth-order valence-corrected chi connectivity index (χ4v) is 4.30. The molecule has 1 unspecified atom stereocenters. The first-order valence-electron chi connectivity index (χ1n) is 6.78. The SMILES string of the molecule is CCCNC(c1cc(Br)sc1C)c1cccc(C)c1Cl. The molecule has 0 spiro atoms. The van der Waals surface area contributed by atoms with Gasteiger partial charge in [0.1, 0.15) is 0 Å². The molecular formula is C16H19BrClNS. The lowest BCUT2D eigenvalue weighted by Crippen LogP contribution is -2.23. The van der Waals surface area contributed by atoms with Crippen LogP contribution < -0.4 is 5.32 Å². The zero-order valence-corrected chi connectivity index (χ0v) is 15.1. The second kappa shape index (κ2) is 7.08. The van der Waals surface area contributed by atoms with E-state index >= 15 is 0 Å². The van der Waals surface area contributed by atoms with E-state index in [1.54, 1.807) is 11.3 Å². The fraction of sp³-hybridized carbons (Fsp3) is 0.375. The number of halogens is 2. The van der Waals surface area contributed by atoms with E-state index in [2.05, 4.69) is 66.3 Å². The minimum atomic E-state index is 0.157. The summed E-state index contributed by atoms with van der Waals surface area (Å²) in [6, 6.07) is 8.61. The highest BCUT2D eigenvalue weighted by Crippen LogP contribution is 2.36. The highest BCUT2D eigenvalue weighted by Gasteiger charge is 2.20. The van der Waals surface area contributed by atoms with E-state index in [0.29, 0.717) is 0 Å². The Labute approximate surface area is 138 Å². The number of benzene rings is 1. The van der Waals surface area contributed by atoms with Gasteiger partial charge in [0, 0.05) is 9.90 Å². The van der Waals surface area contributed by atoms with Crippen molar-refractivity contribution in [1.29, 1.82) is 0 Å². The molecule has 0 fully saturated rings. The molecule has 0 saturated carbocycles. The second-order valence-electron chi connectivity index (χ2n) is 4.93. The van der Waals surface area contributed by atoms with Crippen molar-refractivity contribution >= 4 is 38.9 Å². The Hall–Kier alpha value is -0.350. The molecule has 2 rings (SSSR count). The molecule has 0 saturated heterocycles. The Balaban J connectivity index is 2.47. The third-order valence-corrected chi connectivity index (χ3v) is 5.45. The summed E-state index contributed by atoms with van der Waals surface area (Å²) in [5.41, 5.74) is 3.59. The van der Waals surface area contributed by atoms with E-state index in [0.717, 1.165) is 32.9 Å². The van der Waals surface area contributed by atoms with Gasteiger partial charge in [0.2, 0.25) is 0 Å². The Bertz CT molecular complexity index is 594. The molecule has 0 aliphatic rings. The van der Waals surface area contributed by atoms with Crippen LogP contribution in [-0.4, -0.2) is 6.54 Å². The molecule has 0 aliphatic heterocycles. The van der Waals surface area contributed by atoms with Crippen LogP contribution in [0.5, 0.6) is 0 Å². The Kier molecular flexibility index (Phi) is 5.67. The van der Waals surface area contributed by atoms with Crippen LogP contribution in [-0.2, 0) is 0 Å². The van der Waals surface area contributed by atoms with Crippen LogP contribution >= 0.6 is 38.9 Å². The number of hydrogen-bond acceptors (Lipinski definition) is 2. The number of thiophene rings is 1. The van der Waals surface area contributed by atoms with E-state index in [9.17, 15) is 0 Å². The summed E-state index contributed by atoms with van der Waals surface area (Å²) in [4.78, 5) is 1.32. The van der Waals surface area contributed by atoms with Crippen molar-refractivity contribution in [1.82, 2.24) is 5.32 Å². The Morgan fingerprint density at radius 1 is 1.30 bits per heavy atom. The van der Waals surface area contributed by atoms with Crippen molar-refractivity contribution in [2.45, 2.75) is 33.2 Å². The lowest BCUT2D eigenvalue weighted by Gasteiger charge is -2.21.